The molecule has 0 bridgehead atoms. The van der Waals surface area contributed by atoms with Gasteiger partial charge in [0.1, 0.15) is 17.0 Å². The zero-order valence-electron chi connectivity index (χ0n) is 13.9. The van der Waals surface area contributed by atoms with E-state index < -0.39 is 28.0 Å². The SMILES string of the molecule is CC(C)c1nc2cc(NC(=O)c3cc(F)cc([N+](=O)[O-])c3N)ccc2o1. The second kappa shape index (κ2) is 6.43. The molecule has 134 valence electrons. The predicted molar refractivity (Wildman–Crippen MR) is 93.5 cm³/mol. The summed E-state index contributed by atoms with van der Waals surface area (Å²) in [5.74, 6) is -1.02. The normalized spacial score (nSPS) is 11.1. The van der Waals surface area contributed by atoms with Gasteiger partial charge in [-0.05, 0) is 24.3 Å². The topological polar surface area (TPSA) is 124 Å². The van der Waals surface area contributed by atoms with Crippen molar-refractivity contribution < 1.29 is 18.5 Å². The summed E-state index contributed by atoms with van der Waals surface area (Å²) in [5.41, 5.74) is 5.73. The van der Waals surface area contributed by atoms with Crippen LogP contribution in [0.3, 0.4) is 0 Å². The van der Waals surface area contributed by atoms with Crippen LogP contribution >= 0.6 is 0 Å². The summed E-state index contributed by atoms with van der Waals surface area (Å²) in [6, 6.07) is 6.33. The van der Waals surface area contributed by atoms with Crippen molar-refractivity contribution in [2.75, 3.05) is 11.1 Å². The molecular formula is C17H15FN4O4. The molecule has 3 N–H and O–H groups in total. The molecule has 1 heterocycles. The van der Waals surface area contributed by atoms with Crippen LogP contribution in [0.4, 0.5) is 21.5 Å². The largest absolute Gasteiger partial charge is 0.440 e. The van der Waals surface area contributed by atoms with E-state index in [1.54, 1.807) is 18.2 Å². The van der Waals surface area contributed by atoms with Crippen LogP contribution in [0.5, 0.6) is 0 Å². The molecule has 0 saturated heterocycles. The fourth-order valence-electron chi connectivity index (χ4n) is 2.41. The third kappa shape index (κ3) is 3.18. The number of aromatic nitrogens is 1. The highest BCUT2D eigenvalue weighted by atomic mass is 19.1. The fourth-order valence-corrected chi connectivity index (χ4v) is 2.41. The van der Waals surface area contributed by atoms with Crippen LogP contribution < -0.4 is 11.1 Å². The van der Waals surface area contributed by atoms with Crippen LogP contribution in [0.2, 0.25) is 0 Å². The monoisotopic (exact) mass is 358 g/mol. The Morgan fingerprint density at radius 3 is 2.73 bits per heavy atom. The van der Waals surface area contributed by atoms with E-state index in [0.717, 1.165) is 6.07 Å². The number of nitrogens with one attached hydrogen (secondary N) is 1. The molecule has 0 fully saturated rings. The van der Waals surface area contributed by atoms with Crippen molar-refractivity contribution in [3.63, 3.8) is 0 Å². The highest BCUT2D eigenvalue weighted by Gasteiger charge is 2.22. The minimum atomic E-state index is -0.926. The number of hydrogen-bond donors (Lipinski definition) is 2. The van der Waals surface area contributed by atoms with Gasteiger partial charge in [-0.1, -0.05) is 13.8 Å². The van der Waals surface area contributed by atoms with Crippen molar-refractivity contribution >= 4 is 34.1 Å². The Morgan fingerprint density at radius 1 is 1.35 bits per heavy atom. The highest BCUT2D eigenvalue weighted by molar-refractivity contribution is 6.09. The second-order valence-corrected chi connectivity index (χ2v) is 5.99. The first-order valence-electron chi connectivity index (χ1n) is 7.71. The Morgan fingerprint density at radius 2 is 2.08 bits per heavy atom. The zero-order valence-corrected chi connectivity index (χ0v) is 13.9. The molecule has 0 radical (unpaired) electrons. The lowest BCUT2D eigenvalue weighted by Gasteiger charge is -2.08. The standard InChI is InChI=1S/C17H15FN4O4/c1-8(2)17-21-12-7-10(3-4-14(12)26-17)20-16(23)11-5-9(18)6-13(15(11)19)22(24)25/h3-8H,19H2,1-2H3,(H,20,23). The molecule has 3 rings (SSSR count). The number of anilines is 2. The molecule has 0 atom stereocenters. The number of nitrogens with two attached hydrogens (primary N) is 1. The molecule has 0 saturated carbocycles. The summed E-state index contributed by atoms with van der Waals surface area (Å²) in [5, 5.41) is 13.5. The lowest BCUT2D eigenvalue weighted by Crippen LogP contribution is -2.15. The second-order valence-electron chi connectivity index (χ2n) is 5.99. The average Bonchev–Trinajstić information content (AvgIpc) is 3.00. The van der Waals surface area contributed by atoms with Crippen molar-refractivity contribution in [1.29, 1.82) is 0 Å². The summed E-state index contributed by atoms with van der Waals surface area (Å²) in [6.07, 6.45) is 0. The van der Waals surface area contributed by atoms with E-state index >= 15 is 0 Å². The van der Waals surface area contributed by atoms with Gasteiger partial charge in [0.15, 0.2) is 11.5 Å². The maximum absolute atomic E-state index is 13.6. The van der Waals surface area contributed by atoms with Crippen LogP contribution in [0.15, 0.2) is 34.7 Å². The van der Waals surface area contributed by atoms with Gasteiger partial charge in [-0.3, -0.25) is 14.9 Å². The smallest absolute Gasteiger partial charge is 0.295 e. The Kier molecular flexibility index (Phi) is 4.29. The number of rotatable bonds is 4. The number of nitro benzene ring substituents is 1. The molecule has 3 aromatic rings. The van der Waals surface area contributed by atoms with Gasteiger partial charge in [-0.25, -0.2) is 9.37 Å². The lowest BCUT2D eigenvalue weighted by atomic mass is 10.1. The van der Waals surface area contributed by atoms with Crippen molar-refractivity contribution in [3.8, 4) is 0 Å². The first kappa shape index (κ1) is 17.3. The van der Waals surface area contributed by atoms with Gasteiger partial charge < -0.3 is 15.5 Å². The summed E-state index contributed by atoms with van der Waals surface area (Å²) < 4.78 is 19.2. The van der Waals surface area contributed by atoms with E-state index in [-0.39, 0.29) is 11.5 Å². The molecule has 8 nitrogen and oxygen atoms in total. The quantitative estimate of drug-likeness (QED) is 0.415. The van der Waals surface area contributed by atoms with Crippen molar-refractivity contribution in [3.05, 3.63) is 57.7 Å². The molecule has 0 spiro atoms. The number of carbonyl (C=O) groups excluding carboxylic acids is 1. The van der Waals surface area contributed by atoms with Crippen molar-refractivity contribution in [2.24, 2.45) is 0 Å². The Bertz CT molecular complexity index is 1030. The van der Waals surface area contributed by atoms with E-state index in [0.29, 0.717) is 28.7 Å². The van der Waals surface area contributed by atoms with E-state index in [1.807, 2.05) is 13.8 Å². The van der Waals surface area contributed by atoms with Gasteiger partial charge in [-0.15, -0.1) is 0 Å². The van der Waals surface area contributed by atoms with Gasteiger partial charge >= 0.3 is 0 Å². The minimum absolute atomic E-state index is 0.105. The summed E-state index contributed by atoms with van der Waals surface area (Å²) in [7, 11) is 0. The Labute approximate surface area is 147 Å². The van der Waals surface area contributed by atoms with E-state index in [9.17, 15) is 19.3 Å². The summed E-state index contributed by atoms with van der Waals surface area (Å²) in [6.45, 7) is 3.88. The van der Waals surface area contributed by atoms with Crippen molar-refractivity contribution in [1.82, 2.24) is 4.98 Å². The van der Waals surface area contributed by atoms with Crippen LogP contribution in [-0.4, -0.2) is 15.8 Å². The summed E-state index contributed by atoms with van der Waals surface area (Å²) in [4.78, 5) is 26.8. The number of benzene rings is 2. The Balaban J connectivity index is 1.93. The van der Waals surface area contributed by atoms with Crippen molar-refractivity contribution in [2.45, 2.75) is 19.8 Å². The highest BCUT2D eigenvalue weighted by Crippen LogP contribution is 2.28. The number of nitro groups is 1. The lowest BCUT2D eigenvalue weighted by molar-refractivity contribution is -0.384. The van der Waals surface area contributed by atoms with Crippen LogP contribution in [0.25, 0.3) is 11.1 Å². The number of oxazole rings is 1. The van der Waals surface area contributed by atoms with E-state index in [4.69, 9.17) is 10.2 Å². The van der Waals surface area contributed by atoms with E-state index in [2.05, 4.69) is 10.3 Å². The third-order valence-electron chi connectivity index (χ3n) is 3.72. The van der Waals surface area contributed by atoms with Crippen LogP contribution in [-0.2, 0) is 0 Å². The predicted octanol–water partition coefficient (Wildman–Crippen LogP) is 3.83. The molecule has 26 heavy (non-hydrogen) atoms. The van der Waals surface area contributed by atoms with Gasteiger partial charge in [-0.2, -0.15) is 0 Å². The van der Waals surface area contributed by atoms with Gasteiger partial charge in [0.05, 0.1) is 16.6 Å². The molecule has 9 heteroatoms. The number of amides is 1. The molecule has 0 aliphatic carbocycles. The summed E-state index contributed by atoms with van der Waals surface area (Å²) >= 11 is 0. The number of nitrogens with zero attached hydrogens (tertiary/aromatic N) is 2. The molecule has 1 amide bonds. The minimum Gasteiger partial charge on any atom is -0.440 e. The number of nitrogen functional groups attached to an aromatic ring is 1. The number of halogens is 1. The first-order valence-corrected chi connectivity index (χ1v) is 7.71. The first-order chi connectivity index (χ1) is 12.3. The molecule has 0 aliphatic heterocycles. The molecule has 0 unspecified atom stereocenters. The molecule has 0 aliphatic rings. The molecule has 1 aromatic heterocycles. The average molecular weight is 358 g/mol. The van der Waals surface area contributed by atoms with Gasteiger partial charge in [0, 0.05) is 11.6 Å². The van der Waals surface area contributed by atoms with Crippen LogP contribution in [0.1, 0.15) is 36.0 Å². The van der Waals surface area contributed by atoms with E-state index in [1.165, 1.54) is 0 Å². The molecular weight excluding hydrogens is 343 g/mol. The number of carbonyl (C=O) groups is 1. The number of fused-ring (bicyclic) bond motifs is 1. The van der Waals surface area contributed by atoms with Gasteiger partial charge in [0.2, 0.25) is 0 Å². The van der Waals surface area contributed by atoms with Crippen LogP contribution in [0, 0.1) is 15.9 Å². The maximum atomic E-state index is 13.6. The zero-order chi connectivity index (χ0) is 19.0. The maximum Gasteiger partial charge on any atom is 0.295 e. The third-order valence-corrected chi connectivity index (χ3v) is 3.72. The fraction of sp³-hybridized carbons (Fsp3) is 0.176. The van der Waals surface area contributed by atoms with Gasteiger partial charge in [0.25, 0.3) is 11.6 Å². The molecule has 2 aromatic carbocycles. The number of hydrogen-bond acceptors (Lipinski definition) is 6. The Hall–Kier alpha value is -3.49.